The molecule has 1 fully saturated rings. The molecular weight excluding hydrogens is 146 g/mol. The SMILES string of the molecule is Cc1cccc(CC2CCN2)c1. The van der Waals surface area contributed by atoms with Crippen molar-refractivity contribution < 1.29 is 0 Å². The number of hydrogen-bond donors (Lipinski definition) is 1. The molecule has 1 nitrogen and oxygen atoms in total. The van der Waals surface area contributed by atoms with Crippen LogP contribution in [0.15, 0.2) is 24.3 Å². The average molecular weight is 161 g/mol. The van der Waals surface area contributed by atoms with Crippen LogP contribution in [-0.2, 0) is 6.42 Å². The van der Waals surface area contributed by atoms with E-state index in [-0.39, 0.29) is 0 Å². The summed E-state index contributed by atoms with van der Waals surface area (Å²) in [6.45, 7) is 3.36. The van der Waals surface area contributed by atoms with Gasteiger partial charge in [-0.05, 0) is 31.9 Å². The van der Waals surface area contributed by atoms with Gasteiger partial charge in [-0.25, -0.2) is 0 Å². The van der Waals surface area contributed by atoms with Gasteiger partial charge < -0.3 is 5.32 Å². The lowest BCUT2D eigenvalue weighted by Crippen LogP contribution is -2.44. The maximum absolute atomic E-state index is 3.41. The number of aryl methyl sites for hydroxylation is 1. The predicted molar refractivity (Wildman–Crippen MR) is 51.3 cm³/mol. The van der Waals surface area contributed by atoms with Gasteiger partial charge in [0.25, 0.3) is 0 Å². The Balaban J connectivity index is 2.02. The number of rotatable bonds is 2. The van der Waals surface area contributed by atoms with Gasteiger partial charge in [-0.2, -0.15) is 0 Å². The summed E-state index contributed by atoms with van der Waals surface area (Å²) in [6, 6.07) is 9.53. The van der Waals surface area contributed by atoms with Crippen molar-refractivity contribution in [2.75, 3.05) is 6.54 Å². The Kier molecular flexibility index (Phi) is 2.13. The van der Waals surface area contributed by atoms with Gasteiger partial charge in [-0.15, -0.1) is 0 Å². The van der Waals surface area contributed by atoms with E-state index >= 15 is 0 Å². The molecule has 0 aromatic heterocycles. The molecule has 1 aliphatic heterocycles. The molecule has 1 aromatic carbocycles. The first-order chi connectivity index (χ1) is 5.84. The van der Waals surface area contributed by atoms with Crippen molar-refractivity contribution in [3.05, 3.63) is 35.4 Å². The third kappa shape index (κ3) is 1.67. The first-order valence-corrected chi connectivity index (χ1v) is 4.63. The van der Waals surface area contributed by atoms with E-state index in [1.54, 1.807) is 0 Å². The van der Waals surface area contributed by atoms with E-state index in [4.69, 9.17) is 0 Å². The minimum Gasteiger partial charge on any atom is -0.314 e. The molecule has 1 atom stereocenters. The molecule has 0 spiro atoms. The molecule has 1 saturated heterocycles. The van der Waals surface area contributed by atoms with Crippen LogP contribution in [-0.4, -0.2) is 12.6 Å². The highest BCUT2D eigenvalue weighted by atomic mass is 15.0. The van der Waals surface area contributed by atoms with Crippen LogP contribution in [0.2, 0.25) is 0 Å². The Hall–Kier alpha value is -0.820. The second-order valence-corrected chi connectivity index (χ2v) is 3.63. The molecule has 1 aromatic rings. The monoisotopic (exact) mass is 161 g/mol. The zero-order valence-electron chi connectivity index (χ0n) is 7.51. The Morgan fingerprint density at radius 1 is 1.50 bits per heavy atom. The second-order valence-electron chi connectivity index (χ2n) is 3.63. The Labute approximate surface area is 73.8 Å². The maximum Gasteiger partial charge on any atom is 0.0120 e. The highest BCUT2D eigenvalue weighted by molar-refractivity contribution is 5.23. The van der Waals surface area contributed by atoms with Crippen molar-refractivity contribution >= 4 is 0 Å². The summed E-state index contributed by atoms with van der Waals surface area (Å²) in [5, 5.41) is 3.41. The van der Waals surface area contributed by atoms with Crippen molar-refractivity contribution in [1.29, 1.82) is 0 Å². The highest BCUT2D eigenvalue weighted by Gasteiger charge is 2.15. The van der Waals surface area contributed by atoms with Crippen molar-refractivity contribution in [1.82, 2.24) is 5.32 Å². The van der Waals surface area contributed by atoms with Gasteiger partial charge in [-0.1, -0.05) is 29.8 Å². The van der Waals surface area contributed by atoms with Crippen LogP contribution in [0.25, 0.3) is 0 Å². The molecule has 1 heteroatoms. The number of benzene rings is 1. The molecule has 1 N–H and O–H groups in total. The maximum atomic E-state index is 3.41. The topological polar surface area (TPSA) is 12.0 Å². The van der Waals surface area contributed by atoms with Crippen LogP contribution >= 0.6 is 0 Å². The molecule has 0 saturated carbocycles. The predicted octanol–water partition coefficient (Wildman–Crippen LogP) is 1.90. The first-order valence-electron chi connectivity index (χ1n) is 4.63. The second kappa shape index (κ2) is 3.28. The van der Waals surface area contributed by atoms with E-state index in [9.17, 15) is 0 Å². The summed E-state index contributed by atoms with van der Waals surface area (Å²) in [4.78, 5) is 0. The van der Waals surface area contributed by atoms with E-state index in [1.807, 2.05) is 0 Å². The van der Waals surface area contributed by atoms with Crippen molar-refractivity contribution in [3.8, 4) is 0 Å². The summed E-state index contributed by atoms with van der Waals surface area (Å²) in [5.74, 6) is 0. The molecule has 1 heterocycles. The minimum absolute atomic E-state index is 0.742. The van der Waals surface area contributed by atoms with E-state index in [2.05, 4.69) is 36.5 Å². The van der Waals surface area contributed by atoms with Gasteiger partial charge in [0.2, 0.25) is 0 Å². The van der Waals surface area contributed by atoms with Gasteiger partial charge >= 0.3 is 0 Å². The van der Waals surface area contributed by atoms with Gasteiger partial charge in [0, 0.05) is 6.04 Å². The van der Waals surface area contributed by atoms with Crippen molar-refractivity contribution in [2.24, 2.45) is 0 Å². The molecule has 64 valence electrons. The van der Waals surface area contributed by atoms with Gasteiger partial charge in [-0.3, -0.25) is 0 Å². The summed E-state index contributed by atoms with van der Waals surface area (Å²) >= 11 is 0. The van der Waals surface area contributed by atoms with Gasteiger partial charge in [0.15, 0.2) is 0 Å². The lowest BCUT2D eigenvalue weighted by Gasteiger charge is -2.27. The summed E-state index contributed by atoms with van der Waals surface area (Å²) in [7, 11) is 0. The van der Waals surface area contributed by atoms with Crippen LogP contribution in [0.4, 0.5) is 0 Å². The smallest absolute Gasteiger partial charge is 0.0120 e. The number of hydrogen-bond acceptors (Lipinski definition) is 1. The molecule has 0 aliphatic carbocycles. The zero-order chi connectivity index (χ0) is 8.39. The fourth-order valence-electron chi connectivity index (χ4n) is 1.65. The zero-order valence-corrected chi connectivity index (χ0v) is 7.51. The van der Waals surface area contributed by atoms with E-state index in [0.717, 1.165) is 6.04 Å². The molecule has 0 amide bonds. The Morgan fingerprint density at radius 3 is 2.92 bits per heavy atom. The minimum atomic E-state index is 0.742. The summed E-state index contributed by atoms with van der Waals surface area (Å²) in [5.41, 5.74) is 2.83. The third-order valence-electron chi connectivity index (χ3n) is 2.49. The molecule has 0 radical (unpaired) electrons. The van der Waals surface area contributed by atoms with Crippen LogP contribution in [0.5, 0.6) is 0 Å². The van der Waals surface area contributed by atoms with Crippen LogP contribution in [0.3, 0.4) is 0 Å². The largest absolute Gasteiger partial charge is 0.314 e. The van der Waals surface area contributed by atoms with Gasteiger partial charge in [0.1, 0.15) is 0 Å². The van der Waals surface area contributed by atoms with Crippen LogP contribution in [0.1, 0.15) is 17.5 Å². The fourth-order valence-corrected chi connectivity index (χ4v) is 1.65. The third-order valence-corrected chi connectivity index (χ3v) is 2.49. The van der Waals surface area contributed by atoms with Crippen LogP contribution in [0, 0.1) is 6.92 Å². The average Bonchev–Trinajstić information content (AvgIpc) is 1.97. The number of nitrogens with one attached hydrogen (secondary N) is 1. The summed E-state index contributed by atoms with van der Waals surface area (Å²) in [6.07, 6.45) is 2.54. The van der Waals surface area contributed by atoms with Crippen LogP contribution < -0.4 is 5.32 Å². The molecule has 0 bridgehead atoms. The Bertz CT molecular complexity index is 263. The quantitative estimate of drug-likeness (QED) is 0.698. The molecule has 12 heavy (non-hydrogen) atoms. The van der Waals surface area contributed by atoms with E-state index in [1.165, 1.54) is 30.5 Å². The molecule has 1 aliphatic rings. The molecule has 1 unspecified atom stereocenters. The van der Waals surface area contributed by atoms with E-state index < -0.39 is 0 Å². The lowest BCUT2D eigenvalue weighted by molar-refractivity contribution is 0.369. The van der Waals surface area contributed by atoms with E-state index in [0.29, 0.717) is 0 Å². The standard InChI is InChI=1S/C11H15N/c1-9-3-2-4-10(7-9)8-11-5-6-12-11/h2-4,7,11-12H,5-6,8H2,1H3. The highest BCUT2D eigenvalue weighted by Crippen LogP contribution is 2.11. The van der Waals surface area contributed by atoms with Crippen molar-refractivity contribution in [3.63, 3.8) is 0 Å². The first kappa shape index (κ1) is 7.81. The normalized spacial score (nSPS) is 21.9. The summed E-state index contributed by atoms with van der Waals surface area (Å²) < 4.78 is 0. The molecular formula is C11H15N. The van der Waals surface area contributed by atoms with Crippen molar-refractivity contribution in [2.45, 2.75) is 25.8 Å². The van der Waals surface area contributed by atoms with Gasteiger partial charge in [0.05, 0.1) is 0 Å². The molecule has 2 rings (SSSR count). The fraction of sp³-hybridized carbons (Fsp3) is 0.455. The lowest BCUT2D eigenvalue weighted by atomic mass is 9.97. The Morgan fingerprint density at radius 2 is 2.33 bits per heavy atom.